The van der Waals surface area contributed by atoms with Gasteiger partial charge in [0.05, 0.1) is 0 Å². The molecular formula is C17H21BrN2S. The summed E-state index contributed by atoms with van der Waals surface area (Å²) in [6.45, 7) is 3.25. The SMILES string of the molecule is CCCNC(CSc1cccc(Br)c1)Cc1ccccn1. The monoisotopic (exact) mass is 364 g/mol. The van der Waals surface area contributed by atoms with E-state index in [0.717, 1.165) is 35.3 Å². The minimum atomic E-state index is 0.448. The van der Waals surface area contributed by atoms with Crippen LogP contribution < -0.4 is 5.32 Å². The van der Waals surface area contributed by atoms with Crippen LogP contribution in [0.4, 0.5) is 0 Å². The molecule has 1 N–H and O–H groups in total. The molecule has 0 fully saturated rings. The molecule has 0 radical (unpaired) electrons. The third kappa shape index (κ3) is 6.20. The lowest BCUT2D eigenvalue weighted by atomic mass is 10.1. The van der Waals surface area contributed by atoms with Crippen LogP contribution in [0.1, 0.15) is 19.0 Å². The first-order chi connectivity index (χ1) is 10.3. The molecule has 0 saturated heterocycles. The maximum atomic E-state index is 4.44. The number of nitrogens with zero attached hydrogens (tertiary/aromatic N) is 1. The fraction of sp³-hybridized carbons (Fsp3) is 0.353. The van der Waals surface area contributed by atoms with Gasteiger partial charge in [0.2, 0.25) is 0 Å². The lowest BCUT2D eigenvalue weighted by Gasteiger charge is -2.18. The lowest BCUT2D eigenvalue weighted by Crippen LogP contribution is -2.34. The number of benzene rings is 1. The summed E-state index contributed by atoms with van der Waals surface area (Å²) in [5.74, 6) is 1.05. The van der Waals surface area contributed by atoms with Crippen LogP contribution in [0.25, 0.3) is 0 Å². The van der Waals surface area contributed by atoms with Crippen molar-refractivity contribution in [2.24, 2.45) is 0 Å². The first kappa shape index (κ1) is 16.5. The van der Waals surface area contributed by atoms with Crippen LogP contribution in [-0.2, 0) is 6.42 Å². The molecule has 0 aliphatic carbocycles. The molecule has 0 amide bonds. The summed E-state index contributed by atoms with van der Waals surface area (Å²) in [5, 5.41) is 3.63. The Morgan fingerprint density at radius 2 is 2.14 bits per heavy atom. The molecule has 0 aliphatic rings. The minimum absolute atomic E-state index is 0.448. The van der Waals surface area contributed by atoms with Crippen LogP contribution in [-0.4, -0.2) is 23.3 Å². The van der Waals surface area contributed by atoms with Crippen LogP contribution in [0.3, 0.4) is 0 Å². The molecule has 21 heavy (non-hydrogen) atoms. The van der Waals surface area contributed by atoms with Crippen LogP contribution in [0.15, 0.2) is 58.0 Å². The van der Waals surface area contributed by atoms with Crippen molar-refractivity contribution >= 4 is 27.7 Å². The van der Waals surface area contributed by atoms with Crippen molar-refractivity contribution in [3.8, 4) is 0 Å². The zero-order valence-electron chi connectivity index (χ0n) is 12.3. The summed E-state index contributed by atoms with van der Waals surface area (Å²) < 4.78 is 1.13. The molecule has 2 aromatic rings. The van der Waals surface area contributed by atoms with E-state index in [1.165, 1.54) is 4.90 Å². The van der Waals surface area contributed by atoms with Crippen LogP contribution >= 0.6 is 27.7 Å². The Morgan fingerprint density at radius 1 is 1.24 bits per heavy atom. The maximum Gasteiger partial charge on any atom is 0.0419 e. The van der Waals surface area contributed by atoms with Crippen molar-refractivity contribution in [2.45, 2.75) is 30.7 Å². The average Bonchev–Trinajstić information content (AvgIpc) is 2.51. The molecule has 1 atom stereocenters. The molecule has 0 aliphatic heterocycles. The Hall–Kier alpha value is -0.840. The van der Waals surface area contributed by atoms with Crippen LogP contribution in [0, 0.1) is 0 Å². The zero-order chi connectivity index (χ0) is 14.9. The molecule has 4 heteroatoms. The third-order valence-electron chi connectivity index (χ3n) is 3.11. The molecular weight excluding hydrogens is 344 g/mol. The van der Waals surface area contributed by atoms with Gasteiger partial charge in [-0.25, -0.2) is 0 Å². The Labute approximate surface area is 139 Å². The van der Waals surface area contributed by atoms with Crippen molar-refractivity contribution < 1.29 is 0 Å². The van der Waals surface area contributed by atoms with Gasteiger partial charge in [-0.2, -0.15) is 0 Å². The largest absolute Gasteiger partial charge is 0.313 e. The maximum absolute atomic E-state index is 4.44. The number of pyridine rings is 1. The predicted octanol–water partition coefficient (Wildman–Crippen LogP) is 4.55. The van der Waals surface area contributed by atoms with Crippen molar-refractivity contribution in [1.82, 2.24) is 10.3 Å². The van der Waals surface area contributed by atoms with Gasteiger partial charge >= 0.3 is 0 Å². The highest BCUT2D eigenvalue weighted by atomic mass is 79.9. The minimum Gasteiger partial charge on any atom is -0.313 e. The fourth-order valence-corrected chi connectivity index (χ4v) is 3.63. The lowest BCUT2D eigenvalue weighted by molar-refractivity contribution is 0.545. The molecule has 1 aromatic heterocycles. The second-order valence-electron chi connectivity index (χ2n) is 4.94. The number of rotatable bonds is 8. The number of nitrogens with one attached hydrogen (secondary N) is 1. The highest BCUT2D eigenvalue weighted by molar-refractivity contribution is 9.10. The van der Waals surface area contributed by atoms with Crippen molar-refractivity contribution in [3.63, 3.8) is 0 Å². The summed E-state index contributed by atoms with van der Waals surface area (Å²) in [6.07, 6.45) is 4.00. The summed E-state index contributed by atoms with van der Waals surface area (Å²) in [6, 6.07) is 15.0. The van der Waals surface area contributed by atoms with Gasteiger partial charge in [0, 0.05) is 39.5 Å². The molecule has 112 valence electrons. The standard InChI is InChI=1S/C17H21BrN2S/c1-2-9-19-16(12-15-7-3-4-10-20-15)13-21-17-8-5-6-14(18)11-17/h3-8,10-11,16,19H,2,9,12-13H2,1H3. The molecule has 2 rings (SSSR count). The molecule has 0 bridgehead atoms. The fourth-order valence-electron chi connectivity index (χ4n) is 2.06. The smallest absolute Gasteiger partial charge is 0.0419 e. The van der Waals surface area contributed by atoms with E-state index in [9.17, 15) is 0 Å². The highest BCUT2D eigenvalue weighted by Crippen LogP contribution is 2.23. The van der Waals surface area contributed by atoms with Crippen LogP contribution in [0.5, 0.6) is 0 Å². The third-order valence-corrected chi connectivity index (χ3v) is 4.76. The van der Waals surface area contributed by atoms with E-state index in [1.807, 2.05) is 24.0 Å². The topological polar surface area (TPSA) is 24.9 Å². The molecule has 1 unspecified atom stereocenters. The van der Waals surface area contributed by atoms with Crippen molar-refractivity contribution in [2.75, 3.05) is 12.3 Å². The van der Waals surface area contributed by atoms with Gasteiger partial charge < -0.3 is 5.32 Å². The predicted molar refractivity (Wildman–Crippen MR) is 94.9 cm³/mol. The first-order valence-corrected chi connectivity index (χ1v) is 9.07. The van der Waals surface area contributed by atoms with Crippen molar-refractivity contribution in [1.29, 1.82) is 0 Å². The van der Waals surface area contributed by atoms with Gasteiger partial charge in [0.25, 0.3) is 0 Å². The van der Waals surface area contributed by atoms with Crippen molar-refractivity contribution in [3.05, 3.63) is 58.8 Å². The number of halogens is 1. The first-order valence-electron chi connectivity index (χ1n) is 7.29. The molecule has 0 spiro atoms. The Morgan fingerprint density at radius 3 is 2.86 bits per heavy atom. The Balaban J connectivity index is 1.92. The molecule has 2 nitrogen and oxygen atoms in total. The number of hydrogen-bond donors (Lipinski definition) is 1. The summed E-state index contributed by atoms with van der Waals surface area (Å²) >= 11 is 5.42. The Kier molecular flexibility index (Phi) is 7.27. The van der Waals surface area contributed by atoms with Gasteiger partial charge in [-0.3, -0.25) is 4.98 Å². The van der Waals surface area contributed by atoms with E-state index in [0.29, 0.717) is 6.04 Å². The van der Waals surface area contributed by atoms with E-state index in [2.05, 4.69) is 69.6 Å². The van der Waals surface area contributed by atoms with Gasteiger partial charge in [-0.15, -0.1) is 11.8 Å². The van der Waals surface area contributed by atoms with E-state index in [1.54, 1.807) is 0 Å². The van der Waals surface area contributed by atoms with Gasteiger partial charge in [-0.1, -0.05) is 35.0 Å². The second-order valence-corrected chi connectivity index (χ2v) is 6.95. The summed E-state index contributed by atoms with van der Waals surface area (Å²) in [5.41, 5.74) is 1.15. The highest BCUT2D eigenvalue weighted by Gasteiger charge is 2.10. The number of hydrogen-bond acceptors (Lipinski definition) is 3. The van der Waals surface area contributed by atoms with Gasteiger partial charge in [0.15, 0.2) is 0 Å². The zero-order valence-corrected chi connectivity index (χ0v) is 14.7. The summed E-state index contributed by atoms with van der Waals surface area (Å²) in [4.78, 5) is 5.74. The van der Waals surface area contributed by atoms with Crippen LogP contribution in [0.2, 0.25) is 0 Å². The quantitative estimate of drug-likeness (QED) is 0.695. The van der Waals surface area contributed by atoms with E-state index >= 15 is 0 Å². The molecule has 1 heterocycles. The van der Waals surface area contributed by atoms with E-state index < -0.39 is 0 Å². The average molecular weight is 365 g/mol. The normalized spacial score (nSPS) is 12.3. The van der Waals surface area contributed by atoms with Gasteiger partial charge in [-0.05, 0) is 43.3 Å². The Bertz CT molecular complexity index is 533. The van der Waals surface area contributed by atoms with Gasteiger partial charge in [0.1, 0.15) is 0 Å². The number of thioether (sulfide) groups is 1. The molecule has 1 aromatic carbocycles. The second kappa shape index (κ2) is 9.23. The van der Waals surface area contributed by atoms with E-state index in [-0.39, 0.29) is 0 Å². The molecule has 0 saturated carbocycles. The number of aromatic nitrogens is 1. The summed E-state index contributed by atoms with van der Waals surface area (Å²) in [7, 11) is 0. The van der Waals surface area contributed by atoms with E-state index in [4.69, 9.17) is 0 Å².